The van der Waals surface area contributed by atoms with Crippen LogP contribution in [0.1, 0.15) is 37.8 Å². The second-order valence-corrected chi connectivity index (χ2v) is 11.3. The van der Waals surface area contributed by atoms with E-state index in [9.17, 15) is 18.0 Å². The van der Waals surface area contributed by atoms with Crippen LogP contribution in [0.3, 0.4) is 0 Å². The molecule has 1 atom stereocenters. The minimum Gasteiger partial charge on any atom is -0.354 e. The molecular weight excluding hydrogens is 542 g/mol. The summed E-state index contributed by atoms with van der Waals surface area (Å²) < 4.78 is 27.1. The Bertz CT molecular complexity index is 1130. The Kier molecular flexibility index (Phi) is 10.4. The predicted molar refractivity (Wildman–Crippen MR) is 140 cm³/mol. The van der Waals surface area contributed by atoms with E-state index in [2.05, 4.69) is 21.2 Å². The van der Waals surface area contributed by atoms with Gasteiger partial charge in [-0.25, -0.2) is 8.42 Å². The highest BCUT2D eigenvalue weighted by Gasteiger charge is 2.30. The number of benzene rings is 2. The van der Waals surface area contributed by atoms with Gasteiger partial charge in [0.15, 0.2) is 0 Å². The molecule has 0 fully saturated rings. The standard InChI is InChI=1S/C24H31BrClN3O4S/c1-5-6-13-27-24(31)18(3)28(15-19-9-7-8-10-22(19)26)23(30)16-29(34(4,32)33)20-11-12-21(25)17(2)14-20/h7-12,14,18H,5-6,13,15-16H2,1-4H3,(H,27,31)/t18-/m0/s1. The molecule has 0 radical (unpaired) electrons. The summed E-state index contributed by atoms with van der Waals surface area (Å²) >= 11 is 9.72. The minimum absolute atomic E-state index is 0.0673. The molecule has 0 heterocycles. The maximum atomic E-state index is 13.5. The third-order valence-corrected chi connectivity index (χ3v) is 7.80. The van der Waals surface area contributed by atoms with Crippen LogP contribution < -0.4 is 9.62 Å². The van der Waals surface area contributed by atoms with Gasteiger partial charge in [0.05, 0.1) is 11.9 Å². The SMILES string of the molecule is CCCCNC(=O)[C@H](C)N(Cc1ccccc1Cl)C(=O)CN(c1ccc(Br)c(C)c1)S(C)(=O)=O. The second kappa shape index (κ2) is 12.6. The lowest BCUT2D eigenvalue weighted by molar-refractivity contribution is -0.139. The molecule has 2 amide bonds. The summed E-state index contributed by atoms with van der Waals surface area (Å²) in [6.07, 6.45) is 2.80. The van der Waals surface area contributed by atoms with Crippen molar-refractivity contribution in [3.8, 4) is 0 Å². The van der Waals surface area contributed by atoms with Crippen molar-refractivity contribution in [2.45, 2.75) is 46.2 Å². The van der Waals surface area contributed by atoms with E-state index in [4.69, 9.17) is 11.6 Å². The van der Waals surface area contributed by atoms with E-state index in [0.717, 1.165) is 33.4 Å². The number of nitrogens with one attached hydrogen (secondary N) is 1. The van der Waals surface area contributed by atoms with Crippen LogP contribution >= 0.6 is 27.5 Å². The smallest absolute Gasteiger partial charge is 0.244 e. The van der Waals surface area contributed by atoms with E-state index >= 15 is 0 Å². The summed E-state index contributed by atoms with van der Waals surface area (Å²) in [5, 5.41) is 3.31. The molecular formula is C24H31BrClN3O4S. The molecule has 0 aliphatic carbocycles. The molecule has 7 nitrogen and oxygen atoms in total. The average molecular weight is 573 g/mol. The zero-order valence-electron chi connectivity index (χ0n) is 19.8. The molecule has 0 saturated carbocycles. The first-order valence-corrected chi connectivity index (χ1v) is 14.0. The molecule has 10 heteroatoms. The lowest BCUT2D eigenvalue weighted by atomic mass is 10.1. The Morgan fingerprint density at radius 2 is 1.85 bits per heavy atom. The maximum absolute atomic E-state index is 13.5. The van der Waals surface area contributed by atoms with Gasteiger partial charge in [-0.15, -0.1) is 0 Å². The molecule has 0 saturated heterocycles. The van der Waals surface area contributed by atoms with E-state index in [1.165, 1.54) is 4.90 Å². The van der Waals surface area contributed by atoms with Crippen molar-refractivity contribution in [3.05, 3.63) is 63.1 Å². The largest absolute Gasteiger partial charge is 0.354 e. The van der Waals surface area contributed by atoms with Gasteiger partial charge in [-0.2, -0.15) is 0 Å². The molecule has 0 aromatic heterocycles. The Morgan fingerprint density at radius 3 is 2.44 bits per heavy atom. The number of aryl methyl sites for hydroxylation is 1. The van der Waals surface area contributed by atoms with Gasteiger partial charge in [-0.3, -0.25) is 13.9 Å². The van der Waals surface area contributed by atoms with Crippen molar-refractivity contribution in [2.24, 2.45) is 0 Å². The summed E-state index contributed by atoms with van der Waals surface area (Å²) in [5.74, 6) is -0.816. The number of anilines is 1. The molecule has 34 heavy (non-hydrogen) atoms. The van der Waals surface area contributed by atoms with Crippen molar-refractivity contribution in [1.29, 1.82) is 0 Å². The Labute approximate surface area is 215 Å². The number of carbonyl (C=O) groups is 2. The van der Waals surface area contributed by atoms with E-state index in [0.29, 0.717) is 22.8 Å². The van der Waals surface area contributed by atoms with Crippen LogP contribution in [0.5, 0.6) is 0 Å². The monoisotopic (exact) mass is 571 g/mol. The lowest BCUT2D eigenvalue weighted by Crippen LogP contribution is -2.51. The number of halogens is 2. The summed E-state index contributed by atoms with van der Waals surface area (Å²) in [7, 11) is -3.78. The predicted octanol–water partition coefficient (Wildman–Crippen LogP) is 4.51. The van der Waals surface area contributed by atoms with Gasteiger partial charge in [0.2, 0.25) is 21.8 Å². The number of unbranched alkanes of at least 4 members (excludes halogenated alkanes) is 1. The summed E-state index contributed by atoms with van der Waals surface area (Å²) in [6.45, 7) is 5.61. The van der Waals surface area contributed by atoms with Gasteiger partial charge < -0.3 is 10.2 Å². The second-order valence-electron chi connectivity index (χ2n) is 8.14. The van der Waals surface area contributed by atoms with E-state index in [1.54, 1.807) is 49.4 Å². The van der Waals surface area contributed by atoms with Crippen molar-refractivity contribution in [2.75, 3.05) is 23.7 Å². The summed E-state index contributed by atoms with van der Waals surface area (Å²) in [5.41, 5.74) is 1.86. The zero-order valence-corrected chi connectivity index (χ0v) is 23.0. The number of hydrogen-bond donors (Lipinski definition) is 1. The average Bonchev–Trinajstić information content (AvgIpc) is 2.77. The van der Waals surface area contributed by atoms with E-state index in [1.807, 2.05) is 13.8 Å². The third-order valence-electron chi connectivity index (χ3n) is 5.40. The number of sulfonamides is 1. The molecule has 186 valence electrons. The molecule has 0 bridgehead atoms. The van der Waals surface area contributed by atoms with Crippen LogP contribution in [-0.2, 0) is 26.2 Å². The van der Waals surface area contributed by atoms with Crippen molar-refractivity contribution >= 4 is 55.1 Å². The topological polar surface area (TPSA) is 86.8 Å². The Balaban J connectivity index is 2.38. The van der Waals surface area contributed by atoms with Gasteiger partial charge in [-0.1, -0.05) is 59.1 Å². The number of nitrogens with zero attached hydrogens (tertiary/aromatic N) is 2. The first-order chi connectivity index (χ1) is 16.0. The van der Waals surface area contributed by atoms with Gasteiger partial charge >= 0.3 is 0 Å². The fourth-order valence-electron chi connectivity index (χ4n) is 3.33. The van der Waals surface area contributed by atoms with Crippen LogP contribution in [0.2, 0.25) is 5.02 Å². The highest BCUT2D eigenvalue weighted by Crippen LogP contribution is 2.25. The van der Waals surface area contributed by atoms with Crippen LogP contribution in [0, 0.1) is 6.92 Å². The summed E-state index contributed by atoms with van der Waals surface area (Å²) in [4.78, 5) is 27.7. The number of hydrogen-bond acceptors (Lipinski definition) is 4. The molecule has 2 rings (SSSR count). The molecule has 1 N–H and O–H groups in total. The fourth-order valence-corrected chi connectivity index (χ4v) is 4.61. The molecule has 2 aromatic carbocycles. The first-order valence-electron chi connectivity index (χ1n) is 11.0. The highest BCUT2D eigenvalue weighted by atomic mass is 79.9. The van der Waals surface area contributed by atoms with Crippen molar-refractivity contribution in [3.63, 3.8) is 0 Å². The Hall–Kier alpha value is -2.10. The lowest BCUT2D eigenvalue weighted by Gasteiger charge is -2.31. The van der Waals surface area contributed by atoms with Crippen LogP contribution in [0.4, 0.5) is 5.69 Å². The fraction of sp³-hybridized carbons (Fsp3) is 0.417. The Morgan fingerprint density at radius 1 is 1.18 bits per heavy atom. The zero-order chi connectivity index (χ0) is 25.5. The van der Waals surface area contributed by atoms with Gasteiger partial charge in [0.1, 0.15) is 12.6 Å². The normalized spacial score (nSPS) is 12.2. The molecule has 0 aliphatic rings. The van der Waals surface area contributed by atoms with Crippen LogP contribution in [0.25, 0.3) is 0 Å². The van der Waals surface area contributed by atoms with Crippen molar-refractivity contribution in [1.82, 2.24) is 10.2 Å². The van der Waals surface area contributed by atoms with E-state index in [-0.39, 0.29) is 12.5 Å². The number of carbonyl (C=O) groups excluding carboxylic acids is 2. The first kappa shape index (κ1) is 28.1. The maximum Gasteiger partial charge on any atom is 0.244 e. The molecule has 0 spiro atoms. The molecule has 0 aliphatic heterocycles. The highest BCUT2D eigenvalue weighted by molar-refractivity contribution is 9.10. The van der Waals surface area contributed by atoms with E-state index < -0.39 is 28.5 Å². The molecule has 0 unspecified atom stereocenters. The van der Waals surface area contributed by atoms with Gasteiger partial charge in [-0.05, 0) is 55.7 Å². The number of rotatable bonds is 11. The molecule has 2 aromatic rings. The third kappa shape index (κ3) is 7.71. The van der Waals surface area contributed by atoms with Crippen LogP contribution in [-0.4, -0.2) is 50.5 Å². The number of amides is 2. The van der Waals surface area contributed by atoms with Crippen molar-refractivity contribution < 1.29 is 18.0 Å². The quantitative estimate of drug-likeness (QED) is 0.402. The van der Waals surface area contributed by atoms with Crippen LogP contribution in [0.15, 0.2) is 46.9 Å². The minimum atomic E-state index is -3.78. The van der Waals surface area contributed by atoms with Gasteiger partial charge in [0.25, 0.3) is 0 Å². The van der Waals surface area contributed by atoms with Gasteiger partial charge in [0, 0.05) is 22.6 Å². The summed E-state index contributed by atoms with van der Waals surface area (Å²) in [6, 6.07) is 11.3.